The lowest BCUT2D eigenvalue weighted by atomic mass is 9.93. The molecule has 0 heterocycles. The maximum absolute atomic E-state index is 12.2. The summed E-state index contributed by atoms with van der Waals surface area (Å²) in [7, 11) is -3.63. The Bertz CT molecular complexity index is 564. The van der Waals surface area contributed by atoms with E-state index in [0.29, 0.717) is 22.3 Å². The van der Waals surface area contributed by atoms with Crippen molar-refractivity contribution < 1.29 is 13.5 Å². The minimum Gasteiger partial charge on any atom is -0.391 e. The van der Waals surface area contributed by atoms with Crippen LogP contribution in [-0.4, -0.2) is 25.7 Å². The Kier molecular flexibility index (Phi) is 4.89. The third kappa shape index (κ3) is 3.70. The molecule has 2 atom stereocenters. The van der Waals surface area contributed by atoms with Crippen molar-refractivity contribution in [3.8, 4) is 0 Å². The van der Waals surface area contributed by atoms with Crippen LogP contribution in [0.3, 0.4) is 0 Å². The highest BCUT2D eigenvalue weighted by atomic mass is 79.9. The molecule has 0 aromatic heterocycles. The number of aliphatic hydroxyl groups is 1. The van der Waals surface area contributed by atoms with Gasteiger partial charge < -0.3 is 5.11 Å². The van der Waals surface area contributed by atoms with E-state index >= 15 is 0 Å². The summed E-state index contributed by atoms with van der Waals surface area (Å²) in [5.41, 5.74) is 0. The van der Waals surface area contributed by atoms with Gasteiger partial charge in [-0.2, -0.15) is 0 Å². The Morgan fingerprint density at radius 3 is 2.63 bits per heavy atom. The summed E-state index contributed by atoms with van der Waals surface area (Å²) in [4.78, 5) is 0.140. The van der Waals surface area contributed by atoms with Gasteiger partial charge >= 0.3 is 0 Å². The lowest BCUT2D eigenvalue weighted by molar-refractivity contribution is 0.101. The van der Waals surface area contributed by atoms with Crippen LogP contribution in [0.4, 0.5) is 0 Å². The minimum atomic E-state index is -3.63. The Labute approximate surface area is 126 Å². The zero-order chi connectivity index (χ0) is 14.0. The molecule has 2 rings (SSSR count). The molecule has 4 nitrogen and oxygen atoms in total. The monoisotopic (exact) mass is 367 g/mol. The van der Waals surface area contributed by atoms with Crippen molar-refractivity contribution in [1.29, 1.82) is 0 Å². The molecule has 7 heteroatoms. The molecule has 2 unspecified atom stereocenters. The topological polar surface area (TPSA) is 66.4 Å². The summed E-state index contributed by atoms with van der Waals surface area (Å²) >= 11 is 9.05. The first kappa shape index (κ1) is 15.3. The van der Waals surface area contributed by atoms with E-state index in [1.54, 1.807) is 0 Å². The van der Waals surface area contributed by atoms with Gasteiger partial charge in [-0.15, -0.1) is 0 Å². The molecule has 0 spiro atoms. The zero-order valence-electron chi connectivity index (χ0n) is 10.1. The Balaban J connectivity index is 2.19. The van der Waals surface area contributed by atoms with Crippen LogP contribution in [-0.2, 0) is 10.0 Å². The molecule has 1 aliphatic rings. The van der Waals surface area contributed by atoms with E-state index in [4.69, 9.17) is 11.6 Å². The molecule has 0 radical (unpaired) electrons. The average Bonchev–Trinajstić information content (AvgIpc) is 2.35. The van der Waals surface area contributed by atoms with Gasteiger partial charge in [-0.3, -0.25) is 0 Å². The first-order valence-electron chi connectivity index (χ1n) is 6.05. The number of nitrogens with one attached hydrogen (secondary N) is 1. The van der Waals surface area contributed by atoms with E-state index in [1.807, 2.05) is 0 Å². The van der Waals surface area contributed by atoms with Gasteiger partial charge in [0.1, 0.15) is 0 Å². The molecule has 0 saturated heterocycles. The summed E-state index contributed by atoms with van der Waals surface area (Å²) in [5, 5.41) is 10.3. The van der Waals surface area contributed by atoms with Gasteiger partial charge in [-0.25, -0.2) is 13.1 Å². The second-order valence-corrected chi connectivity index (χ2v) is 7.63. The Morgan fingerprint density at radius 2 is 2.00 bits per heavy atom. The number of hydrogen-bond acceptors (Lipinski definition) is 3. The van der Waals surface area contributed by atoms with Gasteiger partial charge in [0.25, 0.3) is 0 Å². The zero-order valence-corrected chi connectivity index (χ0v) is 13.3. The Morgan fingerprint density at radius 1 is 1.32 bits per heavy atom. The predicted octanol–water partition coefficient (Wildman–Crippen LogP) is 2.68. The molecule has 1 aromatic carbocycles. The van der Waals surface area contributed by atoms with Crippen LogP contribution in [0.2, 0.25) is 5.02 Å². The van der Waals surface area contributed by atoms with Crippen LogP contribution in [0.15, 0.2) is 27.6 Å². The quantitative estimate of drug-likeness (QED) is 0.862. The second kappa shape index (κ2) is 6.10. The molecule has 1 aromatic rings. The maximum atomic E-state index is 12.2. The molecule has 19 heavy (non-hydrogen) atoms. The van der Waals surface area contributed by atoms with Crippen molar-refractivity contribution in [3.63, 3.8) is 0 Å². The molecular weight excluding hydrogens is 354 g/mol. The van der Waals surface area contributed by atoms with Gasteiger partial charge in [0.15, 0.2) is 0 Å². The maximum Gasteiger partial charge on any atom is 0.240 e. The molecule has 1 fully saturated rings. The predicted molar refractivity (Wildman–Crippen MR) is 77.7 cm³/mol. The minimum absolute atomic E-state index is 0.140. The van der Waals surface area contributed by atoms with Crippen molar-refractivity contribution in [2.24, 2.45) is 0 Å². The molecule has 1 aliphatic carbocycles. The first-order valence-corrected chi connectivity index (χ1v) is 8.71. The van der Waals surface area contributed by atoms with Gasteiger partial charge in [0.05, 0.1) is 16.0 Å². The number of hydrogen-bond donors (Lipinski definition) is 2. The highest BCUT2D eigenvalue weighted by Crippen LogP contribution is 2.26. The van der Waals surface area contributed by atoms with Crippen LogP contribution in [0, 0.1) is 0 Å². The molecule has 0 amide bonds. The van der Waals surface area contributed by atoms with Crippen molar-refractivity contribution in [2.75, 3.05) is 0 Å². The molecule has 0 aliphatic heterocycles. The van der Waals surface area contributed by atoms with E-state index < -0.39 is 22.2 Å². The SMILES string of the molecule is O=S(=O)(NC1CCCCC1O)c1ccc(Cl)c(Br)c1. The lowest BCUT2D eigenvalue weighted by Crippen LogP contribution is -2.44. The summed E-state index contributed by atoms with van der Waals surface area (Å²) in [6.45, 7) is 0. The van der Waals surface area contributed by atoms with Gasteiger partial charge in [0.2, 0.25) is 10.0 Å². The molecule has 0 bridgehead atoms. The van der Waals surface area contributed by atoms with E-state index in [9.17, 15) is 13.5 Å². The molecule has 2 N–H and O–H groups in total. The van der Waals surface area contributed by atoms with Crippen molar-refractivity contribution in [2.45, 2.75) is 42.7 Å². The number of sulfonamides is 1. The van der Waals surface area contributed by atoms with E-state index in [-0.39, 0.29) is 4.90 Å². The third-order valence-corrected chi connectivity index (χ3v) is 5.94. The van der Waals surface area contributed by atoms with Crippen LogP contribution in [0.1, 0.15) is 25.7 Å². The first-order chi connectivity index (χ1) is 8.90. The number of benzene rings is 1. The summed E-state index contributed by atoms with van der Waals surface area (Å²) in [6.07, 6.45) is 2.55. The van der Waals surface area contributed by atoms with Gasteiger partial charge in [-0.1, -0.05) is 24.4 Å². The fourth-order valence-corrected chi connectivity index (χ4v) is 4.14. The van der Waals surface area contributed by atoms with Crippen LogP contribution in [0.25, 0.3) is 0 Å². The van der Waals surface area contributed by atoms with Crippen molar-refractivity contribution in [1.82, 2.24) is 4.72 Å². The smallest absolute Gasteiger partial charge is 0.240 e. The van der Waals surface area contributed by atoms with Crippen LogP contribution in [0.5, 0.6) is 0 Å². The fourth-order valence-electron chi connectivity index (χ4n) is 2.16. The van der Waals surface area contributed by atoms with Crippen molar-refractivity contribution >= 4 is 37.6 Å². The van der Waals surface area contributed by atoms with E-state index in [0.717, 1.165) is 12.8 Å². The summed E-state index contributed by atoms with van der Waals surface area (Å²) < 4.78 is 27.5. The highest BCUT2D eigenvalue weighted by molar-refractivity contribution is 9.10. The highest BCUT2D eigenvalue weighted by Gasteiger charge is 2.28. The lowest BCUT2D eigenvalue weighted by Gasteiger charge is -2.28. The average molecular weight is 369 g/mol. The van der Waals surface area contributed by atoms with Crippen LogP contribution < -0.4 is 4.72 Å². The fraction of sp³-hybridized carbons (Fsp3) is 0.500. The normalized spacial score (nSPS) is 24.4. The molecule has 1 saturated carbocycles. The van der Waals surface area contributed by atoms with Crippen molar-refractivity contribution in [3.05, 3.63) is 27.7 Å². The number of halogens is 2. The van der Waals surface area contributed by atoms with E-state index in [2.05, 4.69) is 20.7 Å². The van der Waals surface area contributed by atoms with Gasteiger partial charge in [0, 0.05) is 10.5 Å². The van der Waals surface area contributed by atoms with Gasteiger partial charge in [-0.05, 0) is 47.0 Å². The Hall–Kier alpha value is -0.140. The standard InChI is InChI=1S/C12H15BrClNO3S/c13-9-7-8(5-6-10(9)14)19(17,18)15-11-3-1-2-4-12(11)16/h5-7,11-12,15-16H,1-4H2. The largest absolute Gasteiger partial charge is 0.391 e. The van der Waals surface area contributed by atoms with E-state index in [1.165, 1.54) is 18.2 Å². The molecule has 106 valence electrons. The number of aliphatic hydroxyl groups excluding tert-OH is 1. The second-order valence-electron chi connectivity index (χ2n) is 4.66. The van der Waals surface area contributed by atoms with Crippen LogP contribution >= 0.6 is 27.5 Å². The summed E-state index contributed by atoms with van der Waals surface area (Å²) in [5.74, 6) is 0. The third-order valence-electron chi connectivity index (χ3n) is 3.24. The number of rotatable bonds is 3. The molecular formula is C12H15BrClNO3S. The summed E-state index contributed by atoms with van der Waals surface area (Å²) in [6, 6.07) is 4.02.